The quantitative estimate of drug-likeness (QED) is 0.830. The van der Waals surface area contributed by atoms with Crippen LogP contribution in [0.15, 0.2) is 24.3 Å². The van der Waals surface area contributed by atoms with Crippen molar-refractivity contribution in [3.05, 3.63) is 35.6 Å². The van der Waals surface area contributed by atoms with Crippen molar-refractivity contribution in [1.82, 2.24) is 4.90 Å². The Kier molecular flexibility index (Phi) is 5.93. The summed E-state index contributed by atoms with van der Waals surface area (Å²) in [4.78, 5) is 15.4. The molecule has 2 saturated carbocycles. The molecule has 2 N–H and O–H groups in total. The Morgan fingerprint density at radius 2 is 1.88 bits per heavy atom. The van der Waals surface area contributed by atoms with Gasteiger partial charge in [-0.1, -0.05) is 25.5 Å². The van der Waals surface area contributed by atoms with E-state index >= 15 is 0 Å². The van der Waals surface area contributed by atoms with Gasteiger partial charge in [-0.2, -0.15) is 0 Å². The van der Waals surface area contributed by atoms with Crippen molar-refractivity contribution in [3.63, 3.8) is 0 Å². The number of hydrogen-bond donors (Lipinski definition) is 1. The molecule has 26 heavy (non-hydrogen) atoms. The summed E-state index contributed by atoms with van der Waals surface area (Å²) in [6, 6.07) is 7.08. The predicted octanol–water partition coefficient (Wildman–Crippen LogP) is 4.31. The lowest BCUT2D eigenvalue weighted by atomic mass is 9.65. The van der Waals surface area contributed by atoms with Gasteiger partial charge in [-0.15, -0.1) is 12.4 Å². The summed E-state index contributed by atoms with van der Waals surface area (Å²) >= 11 is 0. The number of nitrogens with two attached hydrogens (primary N) is 1. The average Bonchev–Trinajstić information content (AvgIpc) is 2.95. The molecular weight excluding hydrogens is 351 g/mol. The molecule has 4 rings (SSSR count). The second-order valence-electron chi connectivity index (χ2n) is 8.49. The Bertz CT molecular complexity index is 641. The summed E-state index contributed by atoms with van der Waals surface area (Å²) in [5, 5.41) is 0. The van der Waals surface area contributed by atoms with Gasteiger partial charge in [0.05, 0.1) is 6.04 Å². The molecule has 1 aromatic rings. The summed E-state index contributed by atoms with van der Waals surface area (Å²) < 4.78 is 13.7. The van der Waals surface area contributed by atoms with Crippen LogP contribution in [-0.4, -0.2) is 23.4 Å². The van der Waals surface area contributed by atoms with E-state index in [-0.39, 0.29) is 42.1 Å². The first-order valence-corrected chi connectivity index (χ1v) is 9.86. The van der Waals surface area contributed by atoms with Gasteiger partial charge in [-0.25, -0.2) is 4.39 Å². The van der Waals surface area contributed by atoms with Crippen molar-refractivity contribution in [2.75, 3.05) is 6.54 Å². The van der Waals surface area contributed by atoms with Gasteiger partial charge in [0.2, 0.25) is 5.91 Å². The molecule has 3 aliphatic rings. The van der Waals surface area contributed by atoms with Crippen LogP contribution >= 0.6 is 12.4 Å². The lowest BCUT2D eigenvalue weighted by Gasteiger charge is -2.44. The summed E-state index contributed by atoms with van der Waals surface area (Å²) in [5.41, 5.74) is 7.33. The van der Waals surface area contributed by atoms with Gasteiger partial charge in [0, 0.05) is 18.5 Å². The minimum Gasteiger partial charge on any atom is -0.335 e. The number of nitrogens with zero attached hydrogens (tertiary/aromatic N) is 1. The summed E-state index contributed by atoms with van der Waals surface area (Å²) in [6.07, 6.45) is 6.48. The first kappa shape index (κ1) is 19.6. The fourth-order valence-electron chi connectivity index (χ4n) is 5.62. The lowest BCUT2D eigenvalue weighted by Crippen LogP contribution is -2.49. The van der Waals surface area contributed by atoms with Crippen molar-refractivity contribution >= 4 is 18.3 Å². The molecule has 3 nitrogen and oxygen atoms in total. The first-order chi connectivity index (χ1) is 12.0. The molecule has 5 heteroatoms. The van der Waals surface area contributed by atoms with Crippen molar-refractivity contribution in [3.8, 4) is 0 Å². The smallest absolute Gasteiger partial charge is 0.226 e. The zero-order chi connectivity index (χ0) is 17.6. The number of carbonyl (C=O) groups excluding carboxylic acids is 1. The predicted molar refractivity (Wildman–Crippen MR) is 103 cm³/mol. The van der Waals surface area contributed by atoms with Gasteiger partial charge in [0.15, 0.2) is 0 Å². The minimum absolute atomic E-state index is 0. The number of halogens is 2. The second kappa shape index (κ2) is 7.85. The van der Waals surface area contributed by atoms with E-state index in [1.54, 1.807) is 12.1 Å². The van der Waals surface area contributed by atoms with Crippen LogP contribution in [0, 0.1) is 29.5 Å². The van der Waals surface area contributed by atoms with Crippen LogP contribution in [-0.2, 0) is 4.79 Å². The van der Waals surface area contributed by atoms with E-state index in [1.807, 2.05) is 11.0 Å². The van der Waals surface area contributed by atoms with Gasteiger partial charge in [-0.3, -0.25) is 4.79 Å². The molecule has 3 fully saturated rings. The molecule has 0 spiro atoms. The molecule has 144 valence electrons. The van der Waals surface area contributed by atoms with Gasteiger partial charge < -0.3 is 10.6 Å². The molecule has 2 aliphatic carbocycles. The van der Waals surface area contributed by atoms with Crippen molar-refractivity contribution < 1.29 is 9.18 Å². The molecule has 4 unspecified atom stereocenters. The van der Waals surface area contributed by atoms with Gasteiger partial charge >= 0.3 is 0 Å². The van der Waals surface area contributed by atoms with Crippen LogP contribution in [0.1, 0.15) is 57.1 Å². The number of rotatable bonds is 2. The van der Waals surface area contributed by atoms with E-state index in [1.165, 1.54) is 25.3 Å². The number of fused-ring (bicyclic) bond motifs is 2. The molecule has 1 aliphatic heterocycles. The normalized spacial score (nSPS) is 36.5. The van der Waals surface area contributed by atoms with Crippen LogP contribution < -0.4 is 5.73 Å². The Morgan fingerprint density at radius 3 is 2.54 bits per heavy atom. The van der Waals surface area contributed by atoms with Crippen LogP contribution in [0.3, 0.4) is 0 Å². The van der Waals surface area contributed by atoms with E-state index in [0.717, 1.165) is 31.4 Å². The number of likely N-dealkylation sites (tertiary alicyclic amines) is 1. The Hall–Kier alpha value is -1.13. The highest BCUT2D eigenvalue weighted by molar-refractivity contribution is 5.85. The molecule has 1 heterocycles. The van der Waals surface area contributed by atoms with E-state index in [9.17, 15) is 9.18 Å². The number of carbonyl (C=O) groups is 1. The van der Waals surface area contributed by atoms with Gasteiger partial charge in [0.1, 0.15) is 5.82 Å². The van der Waals surface area contributed by atoms with Crippen LogP contribution in [0.5, 0.6) is 0 Å². The molecule has 1 aromatic carbocycles. The van der Waals surface area contributed by atoms with Crippen LogP contribution in [0.4, 0.5) is 4.39 Å². The molecule has 0 aromatic heterocycles. The summed E-state index contributed by atoms with van der Waals surface area (Å²) in [5.74, 6) is 1.56. The van der Waals surface area contributed by atoms with E-state index in [0.29, 0.717) is 17.8 Å². The molecule has 4 atom stereocenters. The first-order valence-electron chi connectivity index (χ1n) is 9.86. The number of amides is 1. The Morgan fingerprint density at radius 1 is 1.19 bits per heavy atom. The zero-order valence-electron chi connectivity index (χ0n) is 15.4. The average molecular weight is 381 g/mol. The van der Waals surface area contributed by atoms with Gasteiger partial charge in [0.25, 0.3) is 0 Å². The molecule has 1 amide bonds. The van der Waals surface area contributed by atoms with Crippen molar-refractivity contribution in [2.24, 2.45) is 29.4 Å². The standard InChI is InChI=1S/C21H29FN2O.ClH/c1-13-8-9-24(20(13)16-6-3-7-18(22)12-16)21(25)17-10-14-4-2-5-15(11-17)19(14)23;/h3,6-7,12-15,17,19-20H,2,4-5,8-11,23H2,1H3;1H. The van der Waals surface area contributed by atoms with Crippen molar-refractivity contribution in [1.29, 1.82) is 0 Å². The van der Waals surface area contributed by atoms with Gasteiger partial charge in [-0.05, 0) is 67.6 Å². The van der Waals surface area contributed by atoms with Crippen LogP contribution in [0.2, 0.25) is 0 Å². The van der Waals surface area contributed by atoms with Crippen molar-refractivity contribution in [2.45, 2.75) is 57.5 Å². The topological polar surface area (TPSA) is 46.3 Å². The maximum atomic E-state index is 13.7. The molecule has 2 bridgehead atoms. The SMILES string of the molecule is CC1CCN(C(=O)C2CC3CCCC(C2)C3N)C1c1cccc(F)c1.Cl. The largest absolute Gasteiger partial charge is 0.335 e. The highest BCUT2D eigenvalue weighted by Crippen LogP contribution is 2.45. The van der Waals surface area contributed by atoms with E-state index in [2.05, 4.69) is 6.92 Å². The fourth-order valence-corrected chi connectivity index (χ4v) is 5.62. The maximum Gasteiger partial charge on any atom is 0.226 e. The fraction of sp³-hybridized carbons (Fsp3) is 0.667. The number of hydrogen-bond acceptors (Lipinski definition) is 2. The number of benzene rings is 1. The minimum atomic E-state index is -0.220. The van der Waals surface area contributed by atoms with E-state index in [4.69, 9.17) is 5.73 Å². The second-order valence-corrected chi connectivity index (χ2v) is 8.49. The monoisotopic (exact) mass is 380 g/mol. The summed E-state index contributed by atoms with van der Waals surface area (Å²) in [7, 11) is 0. The van der Waals surface area contributed by atoms with Crippen LogP contribution in [0.25, 0.3) is 0 Å². The Labute approximate surface area is 161 Å². The third-order valence-electron chi connectivity index (χ3n) is 6.94. The third kappa shape index (κ3) is 3.50. The highest BCUT2D eigenvalue weighted by atomic mass is 35.5. The molecular formula is C21H30ClFN2O. The zero-order valence-corrected chi connectivity index (χ0v) is 16.3. The molecule has 1 saturated heterocycles. The highest BCUT2D eigenvalue weighted by Gasteiger charge is 2.44. The summed E-state index contributed by atoms with van der Waals surface area (Å²) in [6.45, 7) is 2.97. The van der Waals surface area contributed by atoms with E-state index < -0.39 is 0 Å². The Balaban J connectivity index is 0.00000196. The maximum absolute atomic E-state index is 13.7. The third-order valence-corrected chi connectivity index (χ3v) is 6.94. The molecule has 0 radical (unpaired) electrons. The lowest BCUT2D eigenvalue weighted by molar-refractivity contribution is -0.140.